The van der Waals surface area contributed by atoms with E-state index in [9.17, 15) is 9.90 Å². The van der Waals surface area contributed by atoms with Gasteiger partial charge in [-0.3, -0.25) is 9.78 Å². The average molecular weight is 224 g/mol. The van der Waals surface area contributed by atoms with E-state index in [1.807, 2.05) is 6.29 Å². The predicted octanol–water partition coefficient (Wildman–Crippen LogP) is 2.44. The first-order chi connectivity index (χ1) is 8.29. The van der Waals surface area contributed by atoms with Crippen molar-refractivity contribution < 1.29 is 9.90 Å². The molecule has 0 amide bonds. The summed E-state index contributed by atoms with van der Waals surface area (Å²) < 4.78 is 0. The van der Waals surface area contributed by atoms with E-state index in [1.165, 1.54) is 0 Å². The molecule has 0 aliphatic carbocycles. The molecule has 3 nitrogen and oxygen atoms in total. The Labute approximate surface area is 99.1 Å². The van der Waals surface area contributed by atoms with E-state index >= 15 is 0 Å². The minimum Gasteiger partial charge on any atom is -0.508 e. The predicted molar refractivity (Wildman–Crippen MR) is 65.9 cm³/mol. The van der Waals surface area contributed by atoms with Crippen LogP contribution in [0.3, 0.4) is 0 Å². The highest BCUT2D eigenvalue weighted by molar-refractivity contribution is 6.13. The van der Waals surface area contributed by atoms with Gasteiger partial charge in [0.2, 0.25) is 6.29 Å². The van der Waals surface area contributed by atoms with Crippen LogP contribution >= 0.6 is 0 Å². The Balaban J connectivity index is 2.40. The van der Waals surface area contributed by atoms with Gasteiger partial charge in [-0.05, 0) is 29.8 Å². The van der Waals surface area contributed by atoms with Crippen LogP contribution in [0.4, 0.5) is 0 Å². The number of hydrogen-bond donors (Lipinski definition) is 1. The van der Waals surface area contributed by atoms with Gasteiger partial charge in [-0.15, -0.1) is 0 Å². The molecule has 2 aromatic rings. The zero-order valence-corrected chi connectivity index (χ0v) is 9.00. The third-order valence-electron chi connectivity index (χ3n) is 2.26. The molecule has 0 atom stereocenters. The topological polar surface area (TPSA) is 50.2 Å². The highest BCUT2D eigenvalue weighted by Gasteiger charge is 2.01. The number of nitrogens with zero attached hydrogens (tertiary/aromatic N) is 1. The molecule has 0 unspecified atom stereocenters. The molecular formula is C14H10NO2. The maximum atomic E-state index is 10.9. The molecule has 1 N–H and O–H groups in total. The highest BCUT2D eigenvalue weighted by Crippen LogP contribution is 2.18. The van der Waals surface area contributed by atoms with Crippen LogP contribution < -0.4 is 0 Å². The van der Waals surface area contributed by atoms with Crippen LogP contribution in [0.5, 0.6) is 5.75 Å². The summed E-state index contributed by atoms with van der Waals surface area (Å²) in [5, 5.41) is 9.33. The summed E-state index contributed by atoms with van der Waals surface area (Å²) in [5.74, 6) is 0.162. The van der Waals surface area contributed by atoms with E-state index in [0.29, 0.717) is 11.1 Å². The van der Waals surface area contributed by atoms with Gasteiger partial charge in [0.25, 0.3) is 0 Å². The number of aromatic hydroxyl groups is 1. The molecule has 0 saturated carbocycles. The first-order valence-corrected chi connectivity index (χ1v) is 5.09. The van der Waals surface area contributed by atoms with Gasteiger partial charge in [0.05, 0.1) is 0 Å². The molecule has 0 saturated heterocycles. The second-order valence-electron chi connectivity index (χ2n) is 3.50. The largest absolute Gasteiger partial charge is 0.508 e. The van der Waals surface area contributed by atoms with E-state index in [2.05, 4.69) is 4.98 Å². The van der Waals surface area contributed by atoms with Crippen LogP contribution in [-0.2, 0) is 4.79 Å². The summed E-state index contributed by atoms with van der Waals surface area (Å²) in [7, 11) is 0. The summed E-state index contributed by atoms with van der Waals surface area (Å²) in [4.78, 5) is 14.9. The second kappa shape index (κ2) is 5.07. The Kier molecular flexibility index (Phi) is 3.31. The Hall–Kier alpha value is -2.42. The standard InChI is InChI=1S/C14H10NO2/c16-10-13(12-4-2-6-15-9-12)7-11-3-1-5-14(17)8-11/h1-9,17H. The minimum atomic E-state index is 0.162. The van der Waals surface area contributed by atoms with Crippen molar-refractivity contribution in [3.8, 4) is 5.75 Å². The third kappa shape index (κ3) is 2.78. The number of hydrogen-bond acceptors (Lipinski definition) is 3. The molecule has 1 aromatic heterocycles. The normalized spacial score (nSPS) is 11.2. The van der Waals surface area contributed by atoms with Gasteiger partial charge in [-0.25, -0.2) is 0 Å². The fraction of sp³-hybridized carbons (Fsp3) is 0. The van der Waals surface area contributed by atoms with Crippen molar-refractivity contribution in [3.63, 3.8) is 0 Å². The summed E-state index contributed by atoms with van der Waals surface area (Å²) >= 11 is 0. The van der Waals surface area contributed by atoms with Crippen molar-refractivity contribution in [2.24, 2.45) is 0 Å². The van der Waals surface area contributed by atoms with Gasteiger partial charge in [0.1, 0.15) is 5.75 Å². The number of phenolic OH excluding ortho intramolecular Hbond substituents is 1. The smallest absolute Gasteiger partial charge is 0.234 e. The average Bonchev–Trinajstić information content (AvgIpc) is 2.37. The molecule has 83 valence electrons. The Morgan fingerprint density at radius 3 is 2.82 bits per heavy atom. The van der Waals surface area contributed by atoms with Crippen LogP contribution in [0.15, 0.2) is 48.8 Å². The number of rotatable bonds is 3. The number of aromatic nitrogens is 1. The fourth-order valence-corrected chi connectivity index (χ4v) is 1.48. The molecular weight excluding hydrogens is 214 g/mol. The van der Waals surface area contributed by atoms with Crippen LogP contribution in [-0.4, -0.2) is 16.4 Å². The van der Waals surface area contributed by atoms with Gasteiger partial charge in [0.15, 0.2) is 0 Å². The quantitative estimate of drug-likeness (QED) is 0.814. The van der Waals surface area contributed by atoms with Crippen molar-refractivity contribution in [2.75, 3.05) is 0 Å². The van der Waals surface area contributed by atoms with Crippen molar-refractivity contribution in [1.29, 1.82) is 0 Å². The first kappa shape index (κ1) is 11.1. The lowest BCUT2D eigenvalue weighted by molar-refractivity contribution is 0.475. The molecule has 0 fully saturated rings. The van der Waals surface area contributed by atoms with Crippen LogP contribution in [0, 0.1) is 0 Å². The van der Waals surface area contributed by atoms with Crippen molar-refractivity contribution >= 4 is 17.9 Å². The molecule has 0 aliphatic rings. The Bertz CT molecular complexity index is 547. The number of pyridine rings is 1. The van der Waals surface area contributed by atoms with Crippen molar-refractivity contribution in [3.05, 3.63) is 59.9 Å². The van der Waals surface area contributed by atoms with Crippen LogP contribution in [0.2, 0.25) is 0 Å². The van der Waals surface area contributed by atoms with Crippen molar-refractivity contribution in [1.82, 2.24) is 4.98 Å². The van der Waals surface area contributed by atoms with Crippen molar-refractivity contribution in [2.45, 2.75) is 0 Å². The van der Waals surface area contributed by atoms with E-state index < -0.39 is 0 Å². The van der Waals surface area contributed by atoms with Gasteiger partial charge >= 0.3 is 0 Å². The molecule has 17 heavy (non-hydrogen) atoms. The summed E-state index contributed by atoms with van der Waals surface area (Å²) in [6, 6.07) is 10.2. The van der Waals surface area contributed by atoms with Crippen LogP contribution in [0.25, 0.3) is 11.6 Å². The van der Waals surface area contributed by atoms with Gasteiger partial charge < -0.3 is 5.11 Å². The van der Waals surface area contributed by atoms with Gasteiger partial charge in [0, 0.05) is 23.5 Å². The molecule has 1 radical (unpaired) electrons. The molecule has 1 aromatic carbocycles. The highest BCUT2D eigenvalue weighted by atomic mass is 16.3. The lowest BCUT2D eigenvalue weighted by atomic mass is 10.1. The van der Waals surface area contributed by atoms with E-state index in [1.54, 1.807) is 54.9 Å². The zero-order chi connectivity index (χ0) is 12.1. The number of allylic oxidation sites excluding steroid dienone is 1. The zero-order valence-electron chi connectivity index (χ0n) is 9.00. The molecule has 0 aliphatic heterocycles. The maximum Gasteiger partial charge on any atom is 0.234 e. The second-order valence-corrected chi connectivity index (χ2v) is 3.50. The summed E-state index contributed by atoms with van der Waals surface area (Å²) in [6.45, 7) is 0. The van der Waals surface area contributed by atoms with E-state index in [-0.39, 0.29) is 5.75 Å². The Morgan fingerprint density at radius 1 is 1.29 bits per heavy atom. The molecule has 3 heteroatoms. The number of benzene rings is 1. The van der Waals surface area contributed by atoms with Gasteiger partial charge in [-0.1, -0.05) is 18.2 Å². The molecule has 1 heterocycles. The molecule has 2 rings (SSSR count). The van der Waals surface area contributed by atoms with Crippen LogP contribution in [0.1, 0.15) is 11.1 Å². The Morgan fingerprint density at radius 2 is 2.18 bits per heavy atom. The lowest BCUT2D eigenvalue weighted by Gasteiger charge is -1.99. The van der Waals surface area contributed by atoms with E-state index in [0.717, 1.165) is 5.56 Å². The maximum absolute atomic E-state index is 10.9. The first-order valence-electron chi connectivity index (χ1n) is 5.09. The lowest BCUT2D eigenvalue weighted by Crippen LogP contribution is -1.86. The third-order valence-corrected chi connectivity index (χ3v) is 2.26. The van der Waals surface area contributed by atoms with Gasteiger partial charge in [-0.2, -0.15) is 0 Å². The van der Waals surface area contributed by atoms with E-state index in [4.69, 9.17) is 0 Å². The molecule has 0 spiro atoms. The fourth-order valence-electron chi connectivity index (χ4n) is 1.48. The monoisotopic (exact) mass is 224 g/mol. The summed E-state index contributed by atoms with van der Waals surface area (Å²) in [5.41, 5.74) is 1.85. The minimum absolute atomic E-state index is 0.162. The SMILES string of the molecule is O=[C]C(=Cc1cccc(O)c1)c1cccnc1. The molecule has 0 bridgehead atoms. The number of carbonyl (C=O) groups excluding carboxylic acids is 1. The summed E-state index contributed by atoms with van der Waals surface area (Å²) in [6.07, 6.45) is 6.77. The number of phenols is 1.